The summed E-state index contributed by atoms with van der Waals surface area (Å²) in [6.45, 7) is 0. The molecule has 0 unspecified atom stereocenters. The van der Waals surface area contributed by atoms with E-state index in [1.54, 1.807) is 25.6 Å². The van der Waals surface area contributed by atoms with Crippen LogP contribution in [0.25, 0.3) is 17.3 Å². The second kappa shape index (κ2) is 4.88. The van der Waals surface area contributed by atoms with Crippen LogP contribution in [0.5, 0.6) is 5.75 Å². The number of nitrogen functional groups attached to an aromatic ring is 1. The fraction of sp³-hybridized carbons (Fsp3) is 0.0909. The van der Waals surface area contributed by atoms with Gasteiger partial charge in [-0.25, -0.2) is 4.98 Å². The molecule has 9 heteroatoms. The molecule has 0 atom stereocenters. The monoisotopic (exact) mass is 270 g/mol. The first kappa shape index (κ1) is 12.0. The van der Waals surface area contributed by atoms with E-state index in [-0.39, 0.29) is 11.9 Å². The molecule has 20 heavy (non-hydrogen) atoms. The third-order valence-electron chi connectivity index (χ3n) is 2.47. The first-order chi connectivity index (χ1) is 9.76. The van der Waals surface area contributed by atoms with Gasteiger partial charge in [-0.15, -0.1) is 0 Å². The standard InChI is InChI=1S/C11H10N8O/c1-20-8-2-7(3-13-4-8)9-16-10(12)18-11(17-9)19-6-14-5-15-19/h2-6H,1H3,(H2,12,16,17,18). The largest absolute Gasteiger partial charge is 0.495 e. The molecule has 100 valence electrons. The van der Waals surface area contributed by atoms with E-state index >= 15 is 0 Å². The molecule has 3 rings (SSSR count). The fourth-order valence-corrected chi connectivity index (χ4v) is 1.58. The van der Waals surface area contributed by atoms with Crippen LogP contribution in [0.2, 0.25) is 0 Å². The Bertz CT molecular complexity index is 727. The summed E-state index contributed by atoms with van der Waals surface area (Å²) in [7, 11) is 1.56. The Morgan fingerprint density at radius 3 is 2.80 bits per heavy atom. The summed E-state index contributed by atoms with van der Waals surface area (Å²) in [6.07, 6.45) is 6.06. The van der Waals surface area contributed by atoms with Crippen molar-refractivity contribution in [2.45, 2.75) is 0 Å². The Morgan fingerprint density at radius 1 is 1.15 bits per heavy atom. The van der Waals surface area contributed by atoms with Crippen molar-refractivity contribution in [2.24, 2.45) is 0 Å². The second-order valence-corrected chi connectivity index (χ2v) is 3.77. The van der Waals surface area contributed by atoms with Crippen LogP contribution in [0.3, 0.4) is 0 Å². The van der Waals surface area contributed by atoms with Crippen LogP contribution in [0, 0.1) is 0 Å². The van der Waals surface area contributed by atoms with Crippen molar-refractivity contribution in [3.05, 3.63) is 31.1 Å². The molecule has 0 aromatic carbocycles. The number of pyridine rings is 1. The van der Waals surface area contributed by atoms with E-state index in [4.69, 9.17) is 10.5 Å². The number of ether oxygens (including phenoxy) is 1. The van der Waals surface area contributed by atoms with Crippen LogP contribution in [-0.4, -0.2) is 41.8 Å². The van der Waals surface area contributed by atoms with Gasteiger partial charge in [-0.1, -0.05) is 0 Å². The summed E-state index contributed by atoms with van der Waals surface area (Å²) in [4.78, 5) is 20.3. The first-order valence-corrected chi connectivity index (χ1v) is 5.62. The van der Waals surface area contributed by atoms with Gasteiger partial charge in [0, 0.05) is 11.8 Å². The molecule has 0 fully saturated rings. The lowest BCUT2D eigenvalue weighted by atomic mass is 10.2. The van der Waals surface area contributed by atoms with E-state index in [1.807, 2.05) is 0 Å². The van der Waals surface area contributed by atoms with Crippen molar-refractivity contribution >= 4 is 5.95 Å². The molecule has 0 aliphatic carbocycles. The summed E-state index contributed by atoms with van der Waals surface area (Å²) in [6, 6.07) is 1.76. The Labute approximate surface area is 113 Å². The number of nitrogens with two attached hydrogens (primary N) is 1. The van der Waals surface area contributed by atoms with Gasteiger partial charge < -0.3 is 10.5 Å². The molecule has 0 amide bonds. The number of methoxy groups -OCH3 is 1. The van der Waals surface area contributed by atoms with Crippen LogP contribution in [-0.2, 0) is 0 Å². The molecule has 3 aromatic heterocycles. The highest BCUT2D eigenvalue weighted by atomic mass is 16.5. The lowest BCUT2D eigenvalue weighted by molar-refractivity contribution is 0.413. The van der Waals surface area contributed by atoms with Crippen molar-refractivity contribution < 1.29 is 4.74 Å². The van der Waals surface area contributed by atoms with Crippen molar-refractivity contribution in [1.29, 1.82) is 0 Å². The van der Waals surface area contributed by atoms with Gasteiger partial charge in [-0.3, -0.25) is 4.98 Å². The molecule has 2 N–H and O–H groups in total. The lowest BCUT2D eigenvalue weighted by Gasteiger charge is -2.05. The van der Waals surface area contributed by atoms with Gasteiger partial charge in [0.15, 0.2) is 5.82 Å². The Balaban J connectivity index is 2.09. The van der Waals surface area contributed by atoms with E-state index in [9.17, 15) is 0 Å². The number of anilines is 1. The van der Waals surface area contributed by atoms with Crippen LogP contribution in [0.1, 0.15) is 0 Å². The highest BCUT2D eigenvalue weighted by Gasteiger charge is 2.10. The number of hydrogen-bond acceptors (Lipinski definition) is 8. The Kier molecular flexibility index (Phi) is 2.92. The van der Waals surface area contributed by atoms with Crippen molar-refractivity contribution in [3.8, 4) is 23.1 Å². The summed E-state index contributed by atoms with van der Waals surface area (Å²) < 4.78 is 6.51. The molecule has 0 spiro atoms. The molecule has 0 aliphatic rings. The van der Waals surface area contributed by atoms with Gasteiger partial charge >= 0.3 is 0 Å². The summed E-state index contributed by atoms with van der Waals surface area (Å²) in [5, 5.41) is 3.95. The maximum Gasteiger partial charge on any atom is 0.257 e. The normalized spacial score (nSPS) is 10.4. The first-order valence-electron chi connectivity index (χ1n) is 5.62. The van der Waals surface area contributed by atoms with E-state index in [1.165, 1.54) is 17.3 Å². The minimum Gasteiger partial charge on any atom is -0.495 e. The van der Waals surface area contributed by atoms with Crippen molar-refractivity contribution in [2.75, 3.05) is 12.8 Å². The van der Waals surface area contributed by atoms with Gasteiger partial charge in [-0.05, 0) is 6.07 Å². The molecule has 0 radical (unpaired) electrons. The Morgan fingerprint density at radius 2 is 2.05 bits per heavy atom. The summed E-state index contributed by atoms with van der Waals surface area (Å²) >= 11 is 0. The molecule has 9 nitrogen and oxygen atoms in total. The van der Waals surface area contributed by atoms with Gasteiger partial charge in [0.25, 0.3) is 5.95 Å². The van der Waals surface area contributed by atoms with Gasteiger partial charge in [0.2, 0.25) is 5.95 Å². The van der Waals surface area contributed by atoms with E-state index in [0.717, 1.165) is 0 Å². The quantitative estimate of drug-likeness (QED) is 0.712. The van der Waals surface area contributed by atoms with E-state index in [0.29, 0.717) is 17.1 Å². The highest BCUT2D eigenvalue weighted by molar-refractivity contribution is 5.57. The molecule has 3 aromatic rings. The second-order valence-electron chi connectivity index (χ2n) is 3.77. The summed E-state index contributed by atoms with van der Waals surface area (Å²) in [5.41, 5.74) is 6.36. The minimum absolute atomic E-state index is 0.0864. The number of nitrogens with zero attached hydrogens (tertiary/aromatic N) is 7. The third kappa shape index (κ3) is 2.23. The molecule has 3 heterocycles. The molecule has 0 saturated heterocycles. The molecular formula is C11H10N8O. The van der Waals surface area contributed by atoms with Crippen LogP contribution >= 0.6 is 0 Å². The fourth-order valence-electron chi connectivity index (χ4n) is 1.58. The smallest absolute Gasteiger partial charge is 0.257 e. The number of hydrogen-bond donors (Lipinski definition) is 1. The van der Waals surface area contributed by atoms with Crippen LogP contribution in [0.4, 0.5) is 5.95 Å². The topological polar surface area (TPSA) is 118 Å². The minimum atomic E-state index is 0.0864. The molecule has 0 aliphatic heterocycles. The average molecular weight is 270 g/mol. The van der Waals surface area contributed by atoms with Gasteiger partial charge in [0.1, 0.15) is 18.4 Å². The Hall–Kier alpha value is -3.10. The van der Waals surface area contributed by atoms with Gasteiger partial charge in [-0.2, -0.15) is 24.7 Å². The zero-order chi connectivity index (χ0) is 13.9. The molecule has 0 bridgehead atoms. The highest BCUT2D eigenvalue weighted by Crippen LogP contribution is 2.20. The van der Waals surface area contributed by atoms with Gasteiger partial charge in [0.05, 0.1) is 13.3 Å². The van der Waals surface area contributed by atoms with E-state index < -0.39 is 0 Å². The average Bonchev–Trinajstić information content (AvgIpc) is 3.01. The maximum atomic E-state index is 5.70. The lowest BCUT2D eigenvalue weighted by Crippen LogP contribution is -2.08. The predicted octanol–water partition coefficient (Wildman–Crippen LogP) is 0.105. The number of rotatable bonds is 3. The summed E-state index contributed by atoms with van der Waals surface area (Å²) in [5.74, 6) is 1.36. The predicted molar refractivity (Wildman–Crippen MR) is 68.9 cm³/mol. The van der Waals surface area contributed by atoms with Crippen LogP contribution in [0.15, 0.2) is 31.1 Å². The zero-order valence-corrected chi connectivity index (χ0v) is 10.5. The van der Waals surface area contributed by atoms with Crippen LogP contribution < -0.4 is 10.5 Å². The third-order valence-corrected chi connectivity index (χ3v) is 2.47. The van der Waals surface area contributed by atoms with Crippen molar-refractivity contribution in [1.82, 2.24) is 34.7 Å². The SMILES string of the molecule is COc1cncc(-c2nc(N)nc(-n3cncn3)n2)c1. The zero-order valence-electron chi connectivity index (χ0n) is 10.5. The van der Waals surface area contributed by atoms with Crippen molar-refractivity contribution in [3.63, 3.8) is 0 Å². The van der Waals surface area contributed by atoms with E-state index in [2.05, 4.69) is 30.0 Å². The number of aromatic nitrogens is 7. The maximum absolute atomic E-state index is 5.70. The molecule has 0 saturated carbocycles. The molecular weight excluding hydrogens is 260 g/mol.